The number of aryl methyl sites for hydroxylation is 1. The van der Waals surface area contributed by atoms with E-state index in [9.17, 15) is 27.6 Å². The van der Waals surface area contributed by atoms with Crippen LogP contribution in [0, 0.1) is 6.92 Å². The number of H-pyrrole nitrogens is 1. The molecule has 2 aliphatic heterocycles. The maximum atomic E-state index is 14.4. The van der Waals surface area contributed by atoms with Crippen LogP contribution in [0.25, 0.3) is 17.2 Å². The number of thioether (sulfide) groups is 1. The average molecular weight is 757 g/mol. The SMILES string of the molecule is CC.CSc1ccc(-c2nc3n(CC(=O)Nc4ccc(C(F)(F)F)cc4Cl)c4c(c(=O)n3n2)C2(CCN(C(=O)c3cc(C)[nH]n3)CC2)OC4C)cc1. The van der Waals surface area contributed by atoms with Crippen LogP contribution in [0.3, 0.4) is 0 Å². The highest BCUT2D eigenvalue weighted by Crippen LogP contribution is 2.48. The minimum absolute atomic E-state index is 0.0145. The van der Waals surface area contributed by atoms with Gasteiger partial charge in [0.1, 0.15) is 17.8 Å². The molecule has 17 heteroatoms. The molecule has 1 atom stereocenters. The number of hydrogen-bond acceptors (Lipinski definition) is 8. The summed E-state index contributed by atoms with van der Waals surface area (Å²) in [5.74, 6) is -0.525. The van der Waals surface area contributed by atoms with Crippen molar-refractivity contribution in [3.63, 3.8) is 0 Å². The fourth-order valence-corrected chi connectivity index (χ4v) is 7.29. The van der Waals surface area contributed by atoms with Crippen LogP contribution in [0.5, 0.6) is 0 Å². The zero-order chi connectivity index (χ0) is 37.5. The minimum Gasteiger partial charge on any atom is -0.361 e. The predicted octanol–water partition coefficient (Wildman–Crippen LogP) is 6.87. The van der Waals surface area contributed by atoms with Crippen molar-refractivity contribution in [2.45, 2.75) is 69.9 Å². The first-order valence-electron chi connectivity index (χ1n) is 16.6. The lowest BCUT2D eigenvalue weighted by molar-refractivity contribution is -0.137. The molecule has 1 fully saturated rings. The van der Waals surface area contributed by atoms with Gasteiger partial charge >= 0.3 is 6.18 Å². The van der Waals surface area contributed by atoms with Crippen molar-refractivity contribution in [1.82, 2.24) is 34.3 Å². The standard InChI is InChI=1S/C33H30ClF3N8O4S.C2H6/c1-17-14-24(41-40-17)29(47)43-12-10-32(11-13-43)26-27(18(2)49-32)44(16-25(46)38-23-9-6-20(15-22(23)34)33(35,36)37)31-39-28(42-45(31)30(26)48)19-4-7-21(50-3)8-5-19;1-2/h4-9,14-15,18H,10-13,16H2,1-3H3,(H,38,46)(H,40,41);1-2H3. The zero-order valence-corrected chi connectivity index (χ0v) is 30.5. The molecule has 3 aromatic heterocycles. The Morgan fingerprint density at radius 2 is 1.81 bits per heavy atom. The number of hydrogen-bond donors (Lipinski definition) is 2. The van der Waals surface area contributed by atoms with E-state index < -0.39 is 34.9 Å². The van der Waals surface area contributed by atoms with Gasteiger partial charge in [0.15, 0.2) is 5.82 Å². The van der Waals surface area contributed by atoms with Gasteiger partial charge in [0, 0.05) is 29.2 Å². The summed E-state index contributed by atoms with van der Waals surface area (Å²) in [6.45, 7) is 7.75. The Kier molecular flexibility index (Phi) is 10.3. The number of aromatic amines is 1. The van der Waals surface area contributed by atoms with E-state index in [0.717, 1.165) is 33.3 Å². The molecule has 7 rings (SSSR count). The van der Waals surface area contributed by atoms with Crippen molar-refractivity contribution in [2.24, 2.45) is 0 Å². The van der Waals surface area contributed by atoms with Gasteiger partial charge in [-0.3, -0.25) is 19.5 Å². The Morgan fingerprint density at radius 3 is 2.40 bits per heavy atom. The van der Waals surface area contributed by atoms with E-state index in [4.69, 9.17) is 21.3 Å². The molecule has 0 aliphatic carbocycles. The molecule has 1 unspecified atom stereocenters. The van der Waals surface area contributed by atoms with Crippen LogP contribution in [0.1, 0.15) is 72.7 Å². The number of likely N-dealkylation sites (tertiary alicyclic amines) is 1. The highest BCUT2D eigenvalue weighted by molar-refractivity contribution is 7.98. The summed E-state index contributed by atoms with van der Waals surface area (Å²) in [7, 11) is 0. The van der Waals surface area contributed by atoms with Gasteiger partial charge in [-0.05, 0) is 69.3 Å². The third kappa shape index (κ3) is 6.81. The Labute approximate surface area is 305 Å². The average Bonchev–Trinajstić information content (AvgIpc) is 3.84. The van der Waals surface area contributed by atoms with Crippen molar-refractivity contribution in [3.8, 4) is 11.4 Å². The van der Waals surface area contributed by atoms with Crippen LogP contribution in [0.2, 0.25) is 5.02 Å². The number of aromatic nitrogens is 6. The van der Waals surface area contributed by atoms with Crippen molar-refractivity contribution < 1.29 is 27.5 Å². The summed E-state index contributed by atoms with van der Waals surface area (Å²) in [5.41, 5.74) is -0.0646. The van der Waals surface area contributed by atoms with Gasteiger partial charge in [0.05, 0.1) is 33.6 Å². The first-order valence-corrected chi connectivity index (χ1v) is 18.2. The number of nitrogens with one attached hydrogen (secondary N) is 2. The monoisotopic (exact) mass is 756 g/mol. The zero-order valence-electron chi connectivity index (χ0n) is 29.0. The minimum atomic E-state index is -4.61. The molecule has 274 valence electrons. The van der Waals surface area contributed by atoms with Gasteiger partial charge in [-0.2, -0.15) is 27.8 Å². The van der Waals surface area contributed by atoms with Gasteiger partial charge < -0.3 is 19.5 Å². The van der Waals surface area contributed by atoms with E-state index in [-0.39, 0.29) is 47.9 Å². The first-order chi connectivity index (χ1) is 24.8. The van der Waals surface area contributed by atoms with Crippen molar-refractivity contribution >= 4 is 46.6 Å². The number of amides is 2. The number of alkyl halides is 3. The van der Waals surface area contributed by atoms with Crippen LogP contribution in [-0.2, 0) is 27.9 Å². The number of halogens is 4. The molecule has 2 amide bonds. The van der Waals surface area contributed by atoms with E-state index in [0.29, 0.717) is 35.4 Å². The Bertz CT molecular complexity index is 2210. The lowest BCUT2D eigenvalue weighted by Crippen LogP contribution is -2.47. The third-order valence-electron chi connectivity index (χ3n) is 9.03. The van der Waals surface area contributed by atoms with Crippen LogP contribution in [0.15, 0.2) is 58.2 Å². The number of nitrogens with zero attached hydrogens (tertiary/aromatic N) is 6. The molecule has 1 spiro atoms. The summed E-state index contributed by atoms with van der Waals surface area (Å²) >= 11 is 7.70. The van der Waals surface area contributed by atoms with E-state index >= 15 is 0 Å². The fraction of sp³-hybridized carbons (Fsp3) is 0.371. The number of ether oxygens (including phenoxy) is 1. The van der Waals surface area contributed by atoms with E-state index in [1.54, 1.807) is 41.1 Å². The summed E-state index contributed by atoms with van der Waals surface area (Å²) in [6, 6.07) is 11.8. The van der Waals surface area contributed by atoms with E-state index in [2.05, 4.69) is 20.6 Å². The first kappa shape index (κ1) is 37.1. The van der Waals surface area contributed by atoms with E-state index in [1.165, 1.54) is 0 Å². The summed E-state index contributed by atoms with van der Waals surface area (Å²) < 4.78 is 48.9. The predicted molar refractivity (Wildman–Crippen MR) is 191 cm³/mol. The molecule has 1 saturated heterocycles. The van der Waals surface area contributed by atoms with Crippen LogP contribution in [-0.4, -0.2) is 65.4 Å². The Hall–Kier alpha value is -4.67. The molecular formula is C35H36ClF3N8O4S. The number of carbonyl (C=O) groups excluding carboxylic acids is 2. The molecular weight excluding hydrogens is 721 g/mol. The summed E-state index contributed by atoms with van der Waals surface area (Å²) in [5, 5.41) is 13.7. The fourth-order valence-electron chi connectivity index (χ4n) is 6.65. The smallest absolute Gasteiger partial charge is 0.361 e. The topological polar surface area (TPSA) is 140 Å². The maximum Gasteiger partial charge on any atom is 0.416 e. The van der Waals surface area contributed by atoms with Gasteiger partial charge in [-0.15, -0.1) is 16.9 Å². The van der Waals surface area contributed by atoms with Gasteiger partial charge in [-0.1, -0.05) is 37.6 Å². The number of fused-ring (bicyclic) bond motifs is 3. The normalized spacial score (nSPS) is 16.5. The summed E-state index contributed by atoms with van der Waals surface area (Å²) in [6.07, 6.45) is -2.73. The third-order valence-corrected chi connectivity index (χ3v) is 10.1. The Morgan fingerprint density at radius 1 is 1.12 bits per heavy atom. The molecule has 2 aliphatic rings. The number of rotatable bonds is 6. The molecule has 2 N–H and O–H groups in total. The number of piperidine rings is 1. The van der Waals surface area contributed by atoms with Crippen LogP contribution < -0.4 is 10.9 Å². The number of anilines is 1. The second-order valence-corrected chi connectivity index (χ2v) is 13.5. The Balaban J connectivity index is 0.00000228. The highest BCUT2D eigenvalue weighted by Gasteiger charge is 2.50. The number of benzene rings is 2. The molecule has 0 bridgehead atoms. The number of carbonyl (C=O) groups is 2. The van der Waals surface area contributed by atoms with Crippen molar-refractivity contribution in [2.75, 3.05) is 24.7 Å². The maximum absolute atomic E-state index is 14.4. The quantitative estimate of drug-likeness (QED) is 0.179. The lowest BCUT2D eigenvalue weighted by Gasteiger charge is -2.38. The van der Waals surface area contributed by atoms with Gasteiger partial charge in [-0.25, -0.2) is 0 Å². The van der Waals surface area contributed by atoms with Crippen molar-refractivity contribution in [1.29, 1.82) is 0 Å². The van der Waals surface area contributed by atoms with Crippen LogP contribution >= 0.6 is 23.4 Å². The molecule has 0 saturated carbocycles. The van der Waals surface area contributed by atoms with Gasteiger partial charge in [0.25, 0.3) is 11.5 Å². The molecule has 0 radical (unpaired) electrons. The van der Waals surface area contributed by atoms with Crippen LogP contribution in [0.4, 0.5) is 18.9 Å². The van der Waals surface area contributed by atoms with Gasteiger partial charge in [0.2, 0.25) is 11.7 Å². The highest BCUT2D eigenvalue weighted by atomic mass is 35.5. The molecule has 5 heterocycles. The van der Waals surface area contributed by atoms with E-state index in [1.807, 2.05) is 44.4 Å². The second kappa shape index (κ2) is 14.4. The molecule has 12 nitrogen and oxygen atoms in total. The second-order valence-electron chi connectivity index (χ2n) is 12.3. The molecule has 52 heavy (non-hydrogen) atoms. The largest absolute Gasteiger partial charge is 0.416 e. The summed E-state index contributed by atoms with van der Waals surface area (Å²) in [4.78, 5) is 48.5. The van der Waals surface area contributed by atoms with Crippen molar-refractivity contribution in [3.05, 3.63) is 92.1 Å². The lowest BCUT2D eigenvalue weighted by atomic mass is 9.85. The molecule has 2 aromatic carbocycles. The molecule has 5 aromatic rings.